The van der Waals surface area contributed by atoms with Crippen molar-refractivity contribution in [1.82, 2.24) is 0 Å². The van der Waals surface area contributed by atoms with Gasteiger partial charge in [0.1, 0.15) is 0 Å². The number of ether oxygens (including phenoxy) is 1. The van der Waals surface area contributed by atoms with Crippen LogP contribution >= 0.6 is 0 Å². The van der Waals surface area contributed by atoms with Crippen molar-refractivity contribution in [2.75, 3.05) is 7.11 Å². The number of benzene rings is 1. The summed E-state index contributed by atoms with van der Waals surface area (Å²) in [7, 11) is 1.76. The first-order valence-corrected chi connectivity index (χ1v) is 8.39. The van der Waals surface area contributed by atoms with Gasteiger partial charge in [-0.3, -0.25) is 4.79 Å². The van der Waals surface area contributed by atoms with E-state index in [2.05, 4.69) is 6.92 Å². The fraction of sp³-hybridized carbons (Fsp3) is 0.632. The Morgan fingerprint density at radius 2 is 1.67 bits per heavy atom. The van der Waals surface area contributed by atoms with Crippen LogP contribution in [0, 0.1) is 0 Å². The van der Waals surface area contributed by atoms with E-state index in [1.54, 1.807) is 7.11 Å². The fourth-order valence-corrected chi connectivity index (χ4v) is 2.59. The number of rotatable bonds is 12. The summed E-state index contributed by atoms with van der Waals surface area (Å²) in [5, 5.41) is 0. The molecule has 1 aromatic rings. The minimum absolute atomic E-state index is 0.223. The number of hydrogen-bond donors (Lipinski definition) is 0. The zero-order valence-corrected chi connectivity index (χ0v) is 13.6. The van der Waals surface area contributed by atoms with Gasteiger partial charge in [0.25, 0.3) is 0 Å². The van der Waals surface area contributed by atoms with Gasteiger partial charge >= 0.3 is 0 Å². The molecule has 0 saturated heterocycles. The molecule has 1 rings (SSSR count). The normalized spacial score (nSPS) is 12.3. The van der Waals surface area contributed by atoms with Crippen molar-refractivity contribution in [2.45, 2.75) is 70.8 Å². The van der Waals surface area contributed by atoms with Gasteiger partial charge in [-0.15, -0.1) is 0 Å². The van der Waals surface area contributed by atoms with Crippen LogP contribution in [0.3, 0.4) is 0 Å². The Kier molecular flexibility index (Phi) is 9.81. The van der Waals surface area contributed by atoms with Gasteiger partial charge in [-0.2, -0.15) is 0 Å². The number of ketones is 1. The lowest BCUT2D eigenvalue weighted by molar-refractivity contribution is 0.0758. The van der Waals surface area contributed by atoms with Crippen LogP contribution in [-0.4, -0.2) is 19.0 Å². The van der Waals surface area contributed by atoms with Gasteiger partial charge in [-0.05, 0) is 12.8 Å². The minimum atomic E-state index is 0.223. The number of hydrogen-bond acceptors (Lipinski definition) is 2. The van der Waals surface area contributed by atoms with Gasteiger partial charge in [0.05, 0.1) is 6.10 Å². The largest absolute Gasteiger partial charge is 0.381 e. The molecule has 1 atom stereocenters. The molecule has 0 amide bonds. The summed E-state index contributed by atoms with van der Waals surface area (Å²) in [6.07, 6.45) is 10.5. The average Bonchev–Trinajstić information content (AvgIpc) is 2.54. The zero-order valence-electron chi connectivity index (χ0n) is 13.6. The Hall–Kier alpha value is -1.15. The molecule has 0 aliphatic rings. The summed E-state index contributed by atoms with van der Waals surface area (Å²) in [6, 6.07) is 9.54. The fourth-order valence-electron chi connectivity index (χ4n) is 2.59. The molecule has 1 aromatic carbocycles. The van der Waals surface area contributed by atoms with E-state index < -0.39 is 0 Å². The van der Waals surface area contributed by atoms with E-state index in [-0.39, 0.29) is 11.9 Å². The first kappa shape index (κ1) is 17.9. The van der Waals surface area contributed by atoms with Gasteiger partial charge in [-0.25, -0.2) is 0 Å². The molecule has 0 bridgehead atoms. The lowest BCUT2D eigenvalue weighted by Gasteiger charge is -2.14. The van der Waals surface area contributed by atoms with Crippen molar-refractivity contribution in [3.05, 3.63) is 35.9 Å². The Labute approximate surface area is 129 Å². The molecular weight excluding hydrogens is 260 g/mol. The third kappa shape index (κ3) is 8.01. The molecule has 0 aliphatic carbocycles. The quantitative estimate of drug-likeness (QED) is 0.380. The first-order chi connectivity index (χ1) is 10.3. The first-order valence-electron chi connectivity index (χ1n) is 8.39. The second-order valence-electron chi connectivity index (χ2n) is 5.74. The molecule has 0 heterocycles. The summed E-state index contributed by atoms with van der Waals surface area (Å²) in [6.45, 7) is 2.24. The molecule has 0 N–H and O–H groups in total. The highest BCUT2D eigenvalue weighted by atomic mass is 16.5. The molecule has 118 valence electrons. The number of Topliss-reactive ketones (excluding diaryl/α,β-unsaturated/α-hetero) is 1. The molecule has 0 fully saturated rings. The smallest absolute Gasteiger partial charge is 0.162 e. The molecule has 21 heavy (non-hydrogen) atoms. The van der Waals surface area contributed by atoms with Crippen LogP contribution < -0.4 is 0 Å². The van der Waals surface area contributed by atoms with Gasteiger partial charge in [0.15, 0.2) is 5.78 Å². The van der Waals surface area contributed by atoms with Crippen LogP contribution in [0.2, 0.25) is 0 Å². The van der Waals surface area contributed by atoms with Crippen molar-refractivity contribution in [1.29, 1.82) is 0 Å². The van der Waals surface area contributed by atoms with E-state index in [0.717, 1.165) is 18.4 Å². The lowest BCUT2D eigenvalue weighted by atomic mass is 10.0. The maximum atomic E-state index is 12.1. The van der Waals surface area contributed by atoms with Gasteiger partial charge < -0.3 is 4.74 Å². The highest BCUT2D eigenvalue weighted by molar-refractivity contribution is 5.95. The SMILES string of the molecule is CCCCCCCCC(CCC(=O)c1ccccc1)OC. The highest BCUT2D eigenvalue weighted by Gasteiger charge is 2.11. The van der Waals surface area contributed by atoms with Crippen LogP contribution in [0.15, 0.2) is 30.3 Å². The maximum absolute atomic E-state index is 12.1. The van der Waals surface area contributed by atoms with Crippen molar-refractivity contribution in [3.63, 3.8) is 0 Å². The van der Waals surface area contributed by atoms with Crippen LogP contribution in [0.5, 0.6) is 0 Å². The van der Waals surface area contributed by atoms with Crippen LogP contribution in [0.25, 0.3) is 0 Å². The lowest BCUT2D eigenvalue weighted by Crippen LogP contribution is -2.13. The van der Waals surface area contributed by atoms with Crippen molar-refractivity contribution < 1.29 is 9.53 Å². The van der Waals surface area contributed by atoms with Crippen molar-refractivity contribution >= 4 is 5.78 Å². The summed E-state index contributed by atoms with van der Waals surface area (Å²) in [4.78, 5) is 12.1. The van der Waals surface area contributed by atoms with Gasteiger partial charge in [-0.1, -0.05) is 75.8 Å². The maximum Gasteiger partial charge on any atom is 0.162 e. The molecule has 2 heteroatoms. The third-order valence-electron chi connectivity index (χ3n) is 4.00. The predicted octanol–water partition coefficient (Wildman–Crippen LogP) is 5.42. The predicted molar refractivity (Wildman–Crippen MR) is 88.8 cm³/mol. The molecule has 0 saturated carbocycles. The van der Waals surface area contributed by atoms with E-state index in [1.807, 2.05) is 30.3 Å². The van der Waals surface area contributed by atoms with Gasteiger partial charge in [0, 0.05) is 19.1 Å². The summed E-state index contributed by atoms with van der Waals surface area (Å²) >= 11 is 0. The van der Waals surface area contributed by atoms with E-state index in [9.17, 15) is 4.79 Å². The number of carbonyl (C=O) groups excluding carboxylic acids is 1. The third-order valence-corrected chi connectivity index (χ3v) is 4.00. The van der Waals surface area contributed by atoms with Gasteiger partial charge in [0.2, 0.25) is 0 Å². The Bertz CT molecular complexity index is 372. The van der Waals surface area contributed by atoms with Crippen LogP contribution in [0.1, 0.15) is 75.1 Å². The van der Waals surface area contributed by atoms with Crippen LogP contribution in [-0.2, 0) is 4.74 Å². The summed E-state index contributed by atoms with van der Waals surface area (Å²) < 4.78 is 5.51. The van der Waals surface area contributed by atoms with E-state index in [0.29, 0.717) is 6.42 Å². The highest BCUT2D eigenvalue weighted by Crippen LogP contribution is 2.15. The average molecular weight is 290 g/mol. The van der Waals surface area contributed by atoms with E-state index >= 15 is 0 Å². The zero-order chi connectivity index (χ0) is 15.3. The molecule has 2 nitrogen and oxygen atoms in total. The molecule has 0 radical (unpaired) electrons. The number of carbonyl (C=O) groups is 1. The Balaban J connectivity index is 2.17. The van der Waals surface area contributed by atoms with E-state index in [1.165, 1.54) is 38.5 Å². The second kappa shape index (κ2) is 11.5. The topological polar surface area (TPSA) is 26.3 Å². The standard InChI is InChI=1S/C19H30O2/c1-3-4-5-6-7-11-14-18(21-2)15-16-19(20)17-12-9-8-10-13-17/h8-10,12-13,18H,3-7,11,14-16H2,1-2H3. The number of methoxy groups -OCH3 is 1. The Morgan fingerprint density at radius 1 is 1.00 bits per heavy atom. The Morgan fingerprint density at radius 3 is 2.33 bits per heavy atom. The molecular formula is C19H30O2. The molecule has 0 spiro atoms. The monoisotopic (exact) mass is 290 g/mol. The van der Waals surface area contributed by atoms with Crippen molar-refractivity contribution in [3.8, 4) is 0 Å². The minimum Gasteiger partial charge on any atom is -0.381 e. The molecule has 1 unspecified atom stereocenters. The van der Waals surface area contributed by atoms with Crippen LogP contribution in [0.4, 0.5) is 0 Å². The summed E-state index contributed by atoms with van der Waals surface area (Å²) in [5.74, 6) is 0.223. The number of unbranched alkanes of at least 4 members (excludes halogenated alkanes) is 5. The molecule has 0 aromatic heterocycles. The summed E-state index contributed by atoms with van der Waals surface area (Å²) in [5.41, 5.74) is 0.812. The molecule has 0 aliphatic heterocycles. The van der Waals surface area contributed by atoms with Crippen molar-refractivity contribution in [2.24, 2.45) is 0 Å². The van der Waals surface area contributed by atoms with E-state index in [4.69, 9.17) is 4.74 Å². The second-order valence-corrected chi connectivity index (χ2v) is 5.74.